The predicted molar refractivity (Wildman–Crippen MR) is 172 cm³/mol. The number of fused-ring (bicyclic) bond motifs is 3. The first-order valence-electron chi connectivity index (χ1n) is 15.4. The van der Waals surface area contributed by atoms with E-state index < -0.39 is 49.2 Å². The molecule has 0 radical (unpaired) electrons. The Morgan fingerprint density at radius 3 is 2.40 bits per heavy atom. The number of phosphoric ester groups is 1. The van der Waals surface area contributed by atoms with Crippen LogP contribution in [0.5, 0.6) is 5.75 Å². The van der Waals surface area contributed by atoms with E-state index in [4.69, 9.17) is 9.26 Å². The van der Waals surface area contributed by atoms with Crippen LogP contribution in [-0.2, 0) is 37.2 Å². The molecule has 4 unspecified atom stereocenters. The number of carbonyl (C=O) groups is 1. The summed E-state index contributed by atoms with van der Waals surface area (Å²) in [5.74, 6) is -0.119. The molecule has 0 aromatic heterocycles. The molecular weight excluding hydrogens is 619 g/mol. The van der Waals surface area contributed by atoms with Gasteiger partial charge < -0.3 is 33.8 Å². The minimum absolute atomic E-state index is 0.0488. The molecule has 3 fully saturated rings. The van der Waals surface area contributed by atoms with E-state index in [1.54, 1.807) is 42.7 Å². The lowest BCUT2D eigenvalue weighted by Crippen LogP contribution is -2.64. The molecule has 0 spiro atoms. The third-order valence-corrected chi connectivity index (χ3v) is 10.3. The first kappa shape index (κ1) is 35.9. The van der Waals surface area contributed by atoms with Crippen molar-refractivity contribution in [3.05, 3.63) is 65.2 Å². The fraction of sp³-hybridized carbons (Fsp3) is 0.594. The average molecular weight is 668 g/mol. The van der Waals surface area contributed by atoms with Gasteiger partial charge >= 0.3 is 13.8 Å². The lowest BCUT2D eigenvalue weighted by atomic mass is 9.78. The van der Waals surface area contributed by atoms with Gasteiger partial charge in [-0.15, -0.1) is 0 Å². The number of phosphoric acid groups is 1. The SMILES string of the molecule is C[S+]([O-])CCC(CO)(C(=O)OC1C[N+]2(Cc3cc(C(O)CNC(C)(C)C)ccc3OP(=O)(O)O)CCC1CC2)c1ccccc1. The molecule has 5 N–H and O–H groups in total. The predicted octanol–water partition coefficient (Wildman–Crippen LogP) is 2.93. The van der Waals surface area contributed by atoms with Gasteiger partial charge in [0.2, 0.25) is 0 Å². The summed E-state index contributed by atoms with van der Waals surface area (Å²) in [6.45, 7) is 8.22. The third-order valence-electron chi connectivity index (χ3n) is 9.12. The molecule has 3 aliphatic rings. The summed E-state index contributed by atoms with van der Waals surface area (Å²) in [5, 5.41) is 24.8. The summed E-state index contributed by atoms with van der Waals surface area (Å²) in [4.78, 5) is 33.2. The Morgan fingerprint density at radius 2 is 1.82 bits per heavy atom. The molecule has 2 aromatic carbocycles. The zero-order chi connectivity index (χ0) is 33.0. The summed E-state index contributed by atoms with van der Waals surface area (Å²) in [6, 6.07) is 13.8. The molecule has 11 nitrogen and oxygen atoms in total. The van der Waals surface area contributed by atoms with E-state index in [0.717, 1.165) is 25.9 Å². The highest BCUT2D eigenvalue weighted by atomic mass is 32.2. The maximum atomic E-state index is 14.0. The van der Waals surface area contributed by atoms with Crippen molar-refractivity contribution in [2.45, 2.75) is 69.7 Å². The number of esters is 1. The second-order valence-electron chi connectivity index (χ2n) is 13.6. The Kier molecular flexibility index (Phi) is 11.5. The highest BCUT2D eigenvalue weighted by molar-refractivity contribution is 7.90. The van der Waals surface area contributed by atoms with Crippen molar-refractivity contribution in [3.63, 3.8) is 0 Å². The van der Waals surface area contributed by atoms with Crippen LogP contribution in [0.15, 0.2) is 48.5 Å². The van der Waals surface area contributed by atoms with Gasteiger partial charge in [0.05, 0.1) is 32.1 Å². The van der Waals surface area contributed by atoms with Crippen molar-refractivity contribution in [2.24, 2.45) is 5.92 Å². The van der Waals surface area contributed by atoms with Crippen LogP contribution in [0.4, 0.5) is 0 Å². The standard InChI is InChI=1S/C32H47N2O9PS/c1-31(2,3)33-19-27(36)24-10-11-28(43-44(38,39)40)25(18-24)20-34-15-12-23(13-16-34)29(21-34)42-30(37)32(22-35,14-17-45(4)41)26-8-6-5-7-9-26/h5-11,18,23,27,29,33,35-36H,12-17,19-22H2,1-4H3,(H-,38,39,40)/p+1. The van der Waals surface area contributed by atoms with E-state index in [1.807, 2.05) is 26.8 Å². The summed E-state index contributed by atoms with van der Waals surface area (Å²) in [7, 11) is -4.86. The number of hydrogen-bond acceptors (Lipinski definition) is 8. The number of rotatable bonds is 14. The highest BCUT2D eigenvalue weighted by Crippen LogP contribution is 2.43. The number of quaternary nitrogens is 1. The van der Waals surface area contributed by atoms with Crippen LogP contribution in [0.25, 0.3) is 0 Å². The minimum Gasteiger partial charge on any atom is -0.617 e. The molecule has 0 aliphatic carbocycles. The number of β-amino-alcohol motifs (C(OH)–C–C–N with tert-alkyl or cyclic N) is 1. The van der Waals surface area contributed by atoms with Crippen LogP contribution in [0.2, 0.25) is 0 Å². The molecule has 0 saturated carbocycles. The summed E-state index contributed by atoms with van der Waals surface area (Å²) in [6.07, 6.45) is 2.04. The maximum absolute atomic E-state index is 14.0. The number of hydrogen-bond donors (Lipinski definition) is 5. The molecule has 4 atom stereocenters. The monoisotopic (exact) mass is 667 g/mol. The average Bonchev–Trinajstić information content (AvgIpc) is 2.97. The molecule has 3 aliphatic heterocycles. The van der Waals surface area contributed by atoms with Crippen LogP contribution in [0.3, 0.4) is 0 Å². The molecule has 5 rings (SSSR count). The first-order valence-corrected chi connectivity index (χ1v) is 18.6. The second-order valence-corrected chi connectivity index (χ2v) is 16.4. The number of nitrogens with one attached hydrogen (secondary N) is 1. The van der Waals surface area contributed by atoms with Crippen molar-refractivity contribution in [2.75, 3.05) is 44.8 Å². The van der Waals surface area contributed by atoms with Gasteiger partial charge in [-0.25, -0.2) is 4.57 Å². The minimum atomic E-state index is -4.86. The van der Waals surface area contributed by atoms with E-state index in [0.29, 0.717) is 40.8 Å². The third kappa shape index (κ3) is 9.31. The summed E-state index contributed by atoms with van der Waals surface area (Å²) >= 11 is -1.17. The smallest absolute Gasteiger partial charge is 0.524 e. The lowest BCUT2D eigenvalue weighted by Gasteiger charge is -2.52. The first-order chi connectivity index (χ1) is 21.0. The molecule has 3 saturated heterocycles. The van der Waals surface area contributed by atoms with Crippen molar-refractivity contribution < 1.29 is 47.7 Å². The fourth-order valence-corrected chi connectivity index (χ4v) is 7.60. The summed E-state index contributed by atoms with van der Waals surface area (Å²) < 4.78 is 35.7. The van der Waals surface area contributed by atoms with Gasteiger partial charge in [0.25, 0.3) is 0 Å². The Morgan fingerprint density at radius 1 is 1.16 bits per heavy atom. The second kappa shape index (κ2) is 14.4. The van der Waals surface area contributed by atoms with Gasteiger partial charge in [0.15, 0.2) is 6.10 Å². The fourth-order valence-electron chi connectivity index (χ4n) is 6.53. The number of nitrogens with zero attached hydrogens (tertiary/aromatic N) is 1. The van der Waals surface area contributed by atoms with Gasteiger partial charge in [0, 0.05) is 42.8 Å². The number of aliphatic hydroxyl groups is 2. The number of piperidine rings is 3. The molecule has 250 valence electrons. The molecule has 2 bridgehead atoms. The van der Waals surface area contributed by atoms with Crippen LogP contribution in [-0.4, -0.2) is 91.4 Å². The van der Waals surface area contributed by atoms with Crippen molar-refractivity contribution >= 4 is 25.0 Å². The Labute approximate surface area is 269 Å². The highest BCUT2D eigenvalue weighted by Gasteiger charge is 2.51. The van der Waals surface area contributed by atoms with E-state index in [2.05, 4.69) is 5.32 Å². The molecule has 0 amide bonds. The van der Waals surface area contributed by atoms with Crippen molar-refractivity contribution in [1.29, 1.82) is 0 Å². The topological polar surface area (TPSA) is 169 Å². The quantitative estimate of drug-likeness (QED) is 0.0875. The Bertz CT molecular complexity index is 1340. The number of benzene rings is 2. The Hall–Kier alpha value is -1.99. The van der Waals surface area contributed by atoms with E-state index in [1.165, 1.54) is 6.07 Å². The van der Waals surface area contributed by atoms with Gasteiger partial charge in [0.1, 0.15) is 30.0 Å². The zero-order valence-corrected chi connectivity index (χ0v) is 28.3. The number of aliphatic hydroxyl groups excluding tert-OH is 2. The van der Waals surface area contributed by atoms with E-state index in [-0.39, 0.29) is 29.4 Å². The number of ether oxygens (including phenoxy) is 1. The van der Waals surface area contributed by atoms with Crippen LogP contribution in [0, 0.1) is 5.92 Å². The van der Waals surface area contributed by atoms with Crippen LogP contribution >= 0.6 is 7.82 Å². The maximum Gasteiger partial charge on any atom is 0.524 e. The largest absolute Gasteiger partial charge is 0.617 e. The van der Waals surface area contributed by atoms with E-state index >= 15 is 0 Å². The molecule has 3 heterocycles. The normalized spacial score (nSPS) is 24.5. The van der Waals surface area contributed by atoms with Crippen molar-refractivity contribution in [3.8, 4) is 5.75 Å². The van der Waals surface area contributed by atoms with Gasteiger partial charge in [-0.2, -0.15) is 0 Å². The molecule has 2 aromatic rings. The summed E-state index contributed by atoms with van der Waals surface area (Å²) in [5.41, 5.74) is 0.202. The molecule has 45 heavy (non-hydrogen) atoms. The van der Waals surface area contributed by atoms with Crippen LogP contribution in [0.1, 0.15) is 62.8 Å². The molecule has 13 heteroatoms. The van der Waals surface area contributed by atoms with Gasteiger partial charge in [-0.3, -0.25) is 14.6 Å². The van der Waals surface area contributed by atoms with Crippen LogP contribution < -0.4 is 9.84 Å². The zero-order valence-electron chi connectivity index (χ0n) is 26.6. The Balaban J connectivity index is 1.59. The van der Waals surface area contributed by atoms with E-state index in [9.17, 15) is 33.9 Å². The lowest BCUT2D eigenvalue weighted by molar-refractivity contribution is -0.958. The van der Waals surface area contributed by atoms with Gasteiger partial charge in [-0.1, -0.05) is 47.6 Å². The number of carbonyl (C=O) groups excluding carboxylic acids is 1. The van der Waals surface area contributed by atoms with Gasteiger partial charge in [-0.05, 0) is 44.0 Å². The van der Waals surface area contributed by atoms with Crippen molar-refractivity contribution in [1.82, 2.24) is 5.32 Å². The molecular formula is C32H48N2O9PS+.